The van der Waals surface area contributed by atoms with Gasteiger partial charge in [-0.05, 0) is 67.0 Å². The smallest absolute Gasteiger partial charge is 0.310 e. The number of carbonyl (C=O) groups is 2. The van der Waals surface area contributed by atoms with Crippen molar-refractivity contribution in [3.63, 3.8) is 0 Å². The minimum absolute atomic E-state index is 0.232. The molecule has 2 aromatic rings. The Labute approximate surface area is 194 Å². The summed E-state index contributed by atoms with van der Waals surface area (Å²) in [5.41, 5.74) is 9.22. The van der Waals surface area contributed by atoms with E-state index in [-0.39, 0.29) is 5.78 Å². The first-order valence-corrected chi connectivity index (χ1v) is 11.9. The lowest BCUT2D eigenvalue weighted by atomic mass is 9.95. The van der Waals surface area contributed by atoms with Gasteiger partial charge in [0.15, 0.2) is 5.78 Å². The van der Waals surface area contributed by atoms with Gasteiger partial charge in [0.1, 0.15) is 0 Å². The number of Topliss-reactive ketones (excluding diaryl/α,β-unsaturated/α-hetero) is 1. The third kappa shape index (κ3) is 10.1. The lowest BCUT2D eigenvalue weighted by molar-refractivity contribution is -0.138. The van der Waals surface area contributed by atoms with Crippen LogP contribution in [-0.4, -0.2) is 16.9 Å². The van der Waals surface area contributed by atoms with Gasteiger partial charge in [0.25, 0.3) is 0 Å². The van der Waals surface area contributed by atoms with Crippen molar-refractivity contribution in [2.45, 2.75) is 79.1 Å². The number of aliphatic carboxylic acids is 1. The van der Waals surface area contributed by atoms with E-state index >= 15 is 0 Å². The molecule has 0 heterocycles. The molecular formula is C28H41NO3. The molecule has 1 unspecified atom stereocenters. The van der Waals surface area contributed by atoms with Gasteiger partial charge in [0.05, 0.1) is 5.92 Å². The number of ketones is 1. The van der Waals surface area contributed by atoms with Gasteiger partial charge in [-0.15, -0.1) is 0 Å². The van der Waals surface area contributed by atoms with Crippen LogP contribution in [0, 0.1) is 11.8 Å². The third-order valence-corrected chi connectivity index (χ3v) is 5.90. The third-order valence-electron chi connectivity index (χ3n) is 5.90. The van der Waals surface area contributed by atoms with Gasteiger partial charge in [-0.25, -0.2) is 0 Å². The molecule has 2 aromatic carbocycles. The van der Waals surface area contributed by atoms with Crippen LogP contribution in [0.15, 0.2) is 48.5 Å². The summed E-state index contributed by atoms with van der Waals surface area (Å²) in [5.74, 6) is 0.447. The molecule has 4 nitrogen and oxygen atoms in total. The van der Waals surface area contributed by atoms with Gasteiger partial charge in [-0.3, -0.25) is 9.59 Å². The maximum Gasteiger partial charge on any atom is 0.310 e. The first kappa shape index (κ1) is 27.4. The second-order valence-corrected chi connectivity index (χ2v) is 9.02. The van der Waals surface area contributed by atoms with Crippen LogP contribution in [0.25, 0.3) is 0 Å². The summed E-state index contributed by atoms with van der Waals surface area (Å²) in [6.07, 6.45) is 6.28. The van der Waals surface area contributed by atoms with E-state index in [1.807, 2.05) is 36.4 Å². The highest BCUT2D eigenvalue weighted by molar-refractivity contribution is 5.96. The Bertz CT molecular complexity index is 806. The van der Waals surface area contributed by atoms with Gasteiger partial charge < -0.3 is 10.8 Å². The average molecular weight is 440 g/mol. The Balaban J connectivity index is 0.000000323. The SMILES string of the molecule is CC(C)Cc1ccc(C(C)C(=O)O)cc1.CCC(CC)CCCC(=O)c1ccc(N)cc1. The molecule has 4 heteroatoms. The van der Waals surface area contributed by atoms with E-state index in [4.69, 9.17) is 10.8 Å². The fourth-order valence-corrected chi connectivity index (χ4v) is 3.62. The van der Waals surface area contributed by atoms with Crippen molar-refractivity contribution in [1.82, 2.24) is 0 Å². The summed E-state index contributed by atoms with van der Waals surface area (Å²) < 4.78 is 0. The molecule has 2 rings (SSSR count). The summed E-state index contributed by atoms with van der Waals surface area (Å²) in [6.45, 7) is 10.5. The lowest BCUT2D eigenvalue weighted by Gasteiger charge is -2.11. The van der Waals surface area contributed by atoms with Crippen molar-refractivity contribution < 1.29 is 14.7 Å². The predicted molar refractivity (Wildman–Crippen MR) is 134 cm³/mol. The highest BCUT2D eigenvalue weighted by Gasteiger charge is 2.13. The minimum atomic E-state index is -0.772. The van der Waals surface area contributed by atoms with Gasteiger partial charge >= 0.3 is 5.97 Å². The van der Waals surface area contributed by atoms with E-state index in [0.29, 0.717) is 18.0 Å². The average Bonchev–Trinajstić information content (AvgIpc) is 2.77. The Morgan fingerprint density at radius 2 is 1.47 bits per heavy atom. The van der Waals surface area contributed by atoms with Crippen molar-refractivity contribution >= 4 is 17.4 Å². The van der Waals surface area contributed by atoms with E-state index in [1.54, 1.807) is 19.1 Å². The lowest BCUT2D eigenvalue weighted by Crippen LogP contribution is -2.07. The molecule has 0 fully saturated rings. The van der Waals surface area contributed by atoms with Gasteiger partial charge in [0, 0.05) is 17.7 Å². The van der Waals surface area contributed by atoms with E-state index in [9.17, 15) is 9.59 Å². The van der Waals surface area contributed by atoms with Crippen LogP contribution in [-0.2, 0) is 11.2 Å². The fraction of sp³-hybridized carbons (Fsp3) is 0.500. The molecule has 0 aliphatic heterocycles. The second-order valence-electron chi connectivity index (χ2n) is 9.02. The first-order chi connectivity index (χ1) is 15.2. The van der Waals surface area contributed by atoms with Crippen molar-refractivity contribution in [2.75, 3.05) is 5.73 Å². The molecule has 0 saturated heterocycles. The van der Waals surface area contributed by atoms with Crippen LogP contribution < -0.4 is 5.73 Å². The molecular weight excluding hydrogens is 398 g/mol. The molecule has 0 amide bonds. The molecule has 0 radical (unpaired) electrons. The quantitative estimate of drug-likeness (QED) is 0.288. The number of hydrogen-bond donors (Lipinski definition) is 2. The molecule has 176 valence electrons. The number of benzene rings is 2. The van der Waals surface area contributed by atoms with Gasteiger partial charge in [-0.1, -0.05) is 71.2 Å². The van der Waals surface area contributed by atoms with Crippen molar-refractivity contribution in [2.24, 2.45) is 11.8 Å². The van der Waals surface area contributed by atoms with E-state index in [1.165, 1.54) is 18.4 Å². The van der Waals surface area contributed by atoms with E-state index in [2.05, 4.69) is 27.7 Å². The fourth-order valence-electron chi connectivity index (χ4n) is 3.62. The summed E-state index contributed by atoms with van der Waals surface area (Å²) >= 11 is 0. The molecule has 0 spiro atoms. The molecule has 0 aliphatic rings. The zero-order chi connectivity index (χ0) is 24.1. The van der Waals surface area contributed by atoms with Crippen LogP contribution in [0.1, 0.15) is 94.1 Å². The summed E-state index contributed by atoms with van der Waals surface area (Å²) in [6, 6.07) is 15.1. The first-order valence-electron chi connectivity index (χ1n) is 11.9. The minimum Gasteiger partial charge on any atom is -0.481 e. The zero-order valence-electron chi connectivity index (χ0n) is 20.4. The molecule has 0 saturated carbocycles. The maximum atomic E-state index is 11.9. The van der Waals surface area contributed by atoms with E-state index in [0.717, 1.165) is 36.3 Å². The van der Waals surface area contributed by atoms with E-state index < -0.39 is 11.9 Å². The zero-order valence-corrected chi connectivity index (χ0v) is 20.4. The highest BCUT2D eigenvalue weighted by atomic mass is 16.4. The monoisotopic (exact) mass is 439 g/mol. The Hall–Kier alpha value is -2.62. The van der Waals surface area contributed by atoms with Gasteiger partial charge in [-0.2, -0.15) is 0 Å². The number of anilines is 1. The number of nitrogens with two attached hydrogens (primary N) is 1. The number of nitrogen functional groups attached to an aromatic ring is 1. The molecule has 1 atom stereocenters. The van der Waals surface area contributed by atoms with Crippen LogP contribution in [0.5, 0.6) is 0 Å². The Morgan fingerprint density at radius 3 is 1.94 bits per heavy atom. The van der Waals surface area contributed by atoms with Crippen molar-refractivity contribution in [1.29, 1.82) is 0 Å². The number of carboxylic acids is 1. The topological polar surface area (TPSA) is 80.4 Å². The Kier molecular flexibility index (Phi) is 12.4. The normalized spacial score (nSPS) is 11.7. The number of carboxylic acid groups (broad SMARTS) is 1. The van der Waals surface area contributed by atoms with Crippen LogP contribution >= 0.6 is 0 Å². The molecule has 3 N–H and O–H groups in total. The molecule has 0 bridgehead atoms. The number of rotatable bonds is 11. The van der Waals surface area contributed by atoms with Crippen molar-refractivity contribution in [3.05, 3.63) is 65.2 Å². The van der Waals surface area contributed by atoms with Gasteiger partial charge in [0.2, 0.25) is 0 Å². The predicted octanol–water partition coefficient (Wildman–Crippen LogP) is 7.13. The van der Waals surface area contributed by atoms with Crippen LogP contribution in [0.2, 0.25) is 0 Å². The number of carbonyl (C=O) groups excluding carboxylic acids is 1. The standard InChI is InChI=1S/C15H23NO.C13H18O2/c1-3-12(4-2)6-5-7-15(17)13-8-10-14(16)11-9-13;1-9(2)8-11-4-6-12(7-5-11)10(3)13(14)15/h8-12H,3-7,16H2,1-2H3;4-7,9-10H,8H2,1-3H3,(H,14,15). The maximum absolute atomic E-state index is 11.9. The summed E-state index contributed by atoms with van der Waals surface area (Å²) in [7, 11) is 0. The summed E-state index contributed by atoms with van der Waals surface area (Å²) in [4.78, 5) is 22.6. The highest BCUT2D eigenvalue weighted by Crippen LogP contribution is 2.18. The number of hydrogen-bond acceptors (Lipinski definition) is 3. The van der Waals surface area contributed by atoms with Crippen molar-refractivity contribution in [3.8, 4) is 0 Å². The van der Waals surface area contributed by atoms with Crippen LogP contribution in [0.4, 0.5) is 5.69 Å². The largest absolute Gasteiger partial charge is 0.481 e. The Morgan fingerprint density at radius 1 is 0.906 bits per heavy atom. The summed E-state index contributed by atoms with van der Waals surface area (Å²) in [5, 5.41) is 8.85. The molecule has 32 heavy (non-hydrogen) atoms. The molecule has 0 aliphatic carbocycles. The molecule has 0 aromatic heterocycles. The van der Waals surface area contributed by atoms with Crippen LogP contribution in [0.3, 0.4) is 0 Å². The second kappa shape index (κ2) is 14.4.